The molecule has 1 aliphatic heterocycles. The fourth-order valence-corrected chi connectivity index (χ4v) is 1.58. The summed E-state index contributed by atoms with van der Waals surface area (Å²) >= 11 is 0. The van der Waals surface area contributed by atoms with Gasteiger partial charge in [-0.3, -0.25) is 9.59 Å². The first-order valence-electron chi connectivity index (χ1n) is 5.02. The van der Waals surface area contributed by atoms with Crippen LogP contribution in [0, 0.1) is 0 Å². The van der Waals surface area contributed by atoms with Crippen LogP contribution in [0.1, 0.15) is 19.3 Å². The Morgan fingerprint density at radius 3 is 3.00 bits per heavy atom. The van der Waals surface area contributed by atoms with Crippen LogP contribution in [0.25, 0.3) is 0 Å². The van der Waals surface area contributed by atoms with Crippen molar-refractivity contribution in [3.8, 4) is 0 Å². The van der Waals surface area contributed by atoms with Gasteiger partial charge in [0.05, 0.1) is 0 Å². The van der Waals surface area contributed by atoms with Crippen LogP contribution in [0.5, 0.6) is 0 Å². The minimum absolute atomic E-state index is 0.00222. The second kappa shape index (κ2) is 5.34. The second-order valence-corrected chi connectivity index (χ2v) is 3.52. The molecule has 0 aliphatic carbocycles. The van der Waals surface area contributed by atoms with Crippen molar-refractivity contribution in [2.75, 3.05) is 13.1 Å². The number of carbonyl (C=O) groups excluding carboxylic acids is 2. The minimum atomic E-state index is -0.371. The molecule has 0 radical (unpaired) electrons. The smallest absolute Gasteiger partial charge is 0.249 e. The van der Waals surface area contributed by atoms with Gasteiger partial charge in [0.2, 0.25) is 11.8 Å². The molecule has 0 saturated heterocycles. The standard InChI is InChI=1S/C11H16N2O2/c1-2-7-13-8-3-4-9(11(13)15)5-6-10(12)14/h2,4H,1,3,5-8H2,(H2,12,14). The molecule has 1 aliphatic rings. The Kier molecular flexibility index (Phi) is 4.09. The molecule has 4 nitrogen and oxygen atoms in total. The lowest BCUT2D eigenvalue weighted by Crippen LogP contribution is -2.36. The van der Waals surface area contributed by atoms with Gasteiger partial charge >= 0.3 is 0 Å². The van der Waals surface area contributed by atoms with E-state index in [-0.39, 0.29) is 18.2 Å². The highest BCUT2D eigenvalue weighted by Gasteiger charge is 2.20. The van der Waals surface area contributed by atoms with Crippen LogP contribution in [0.3, 0.4) is 0 Å². The third-order valence-corrected chi connectivity index (χ3v) is 2.34. The molecule has 15 heavy (non-hydrogen) atoms. The number of amides is 2. The number of hydrogen-bond acceptors (Lipinski definition) is 2. The van der Waals surface area contributed by atoms with Crippen LogP contribution in [0.15, 0.2) is 24.3 Å². The predicted octanol–water partition coefficient (Wildman–Crippen LogP) is 0.597. The highest BCUT2D eigenvalue weighted by atomic mass is 16.2. The van der Waals surface area contributed by atoms with Crippen molar-refractivity contribution in [2.45, 2.75) is 19.3 Å². The zero-order valence-electron chi connectivity index (χ0n) is 8.74. The van der Waals surface area contributed by atoms with Gasteiger partial charge in [-0.25, -0.2) is 0 Å². The highest BCUT2D eigenvalue weighted by Crippen LogP contribution is 2.15. The molecule has 0 unspecified atom stereocenters. The molecule has 1 heterocycles. The van der Waals surface area contributed by atoms with E-state index in [1.807, 2.05) is 6.08 Å². The number of carbonyl (C=O) groups is 2. The fourth-order valence-electron chi connectivity index (χ4n) is 1.58. The predicted molar refractivity (Wildman–Crippen MR) is 57.9 cm³/mol. The molecule has 0 fully saturated rings. The molecule has 0 saturated carbocycles. The number of primary amides is 1. The Balaban J connectivity index is 2.57. The van der Waals surface area contributed by atoms with E-state index in [0.717, 1.165) is 13.0 Å². The SMILES string of the molecule is C=CCN1CCC=C(CCC(N)=O)C1=O. The molecule has 2 amide bonds. The molecular formula is C11H16N2O2. The van der Waals surface area contributed by atoms with E-state index in [9.17, 15) is 9.59 Å². The van der Waals surface area contributed by atoms with Crippen LogP contribution in [-0.4, -0.2) is 29.8 Å². The third kappa shape index (κ3) is 3.23. The Labute approximate surface area is 89.4 Å². The van der Waals surface area contributed by atoms with Crippen LogP contribution < -0.4 is 5.73 Å². The van der Waals surface area contributed by atoms with Gasteiger partial charge in [0.15, 0.2) is 0 Å². The molecule has 82 valence electrons. The molecule has 4 heteroatoms. The zero-order chi connectivity index (χ0) is 11.3. The number of rotatable bonds is 5. The topological polar surface area (TPSA) is 63.4 Å². The van der Waals surface area contributed by atoms with E-state index in [1.54, 1.807) is 11.0 Å². The number of nitrogens with zero attached hydrogens (tertiary/aromatic N) is 1. The molecule has 2 N–H and O–H groups in total. The Bertz CT molecular complexity index is 308. The van der Waals surface area contributed by atoms with Gasteiger partial charge in [-0.05, 0) is 12.8 Å². The van der Waals surface area contributed by atoms with E-state index < -0.39 is 0 Å². The molecule has 0 aromatic rings. The summed E-state index contributed by atoms with van der Waals surface area (Å²) in [7, 11) is 0. The summed E-state index contributed by atoms with van der Waals surface area (Å²) < 4.78 is 0. The van der Waals surface area contributed by atoms with E-state index in [2.05, 4.69) is 6.58 Å². The maximum Gasteiger partial charge on any atom is 0.249 e. The van der Waals surface area contributed by atoms with Gasteiger partial charge < -0.3 is 10.6 Å². The van der Waals surface area contributed by atoms with Crippen molar-refractivity contribution >= 4 is 11.8 Å². The van der Waals surface area contributed by atoms with Gasteiger partial charge in [-0.1, -0.05) is 12.2 Å². The van der Waals surface area contributed by atoms with E-state index in [4.69, 9.17) is 5.73 Å². The normalized spacial score (nSPS) is 16.1. The van der Waals surface area contributed by atoms with Gasteiger partial charge in [0.1, 0.15) is 0 Å². The number of hydrogen-bond donors (Lipinski definition) is 1. The molecule has 1 rings (SSSR count). The third-order valence-electron chi connectivity index (χ3n) is 2.34. The summed E-state index contributed by atoms with van der Waals surface area (Å²) in [4.78, 5) is 24.1. The van der Waals surface area contributed by atoms with E-state index >= 15 is 0 Å². The Morgan fingerprint density at radius 2 is 2.40 bits per heavy atom. The van der Waals surface area contributed by atoms with Crippen molar-refractivity contribution in [1.29, 1.82) is 0 Å². The maximum absolute atomic E-state index is 11.8. The zero-order valence-corrected chi connectivity index (χ0v) is 8.74. The Hall–Kier alpha value is -1.58. The molecule has 0 aromatic carbocycles. The summed E-state index contributed by atoms with van der Waals surface area (Å²) in [5.41, 5.74) is 5.74. The molecule has 0 aromatic heterocycles. The average molecular weight is 208 g/mol. The first-order valence-corrected chi connectivity index (χ1v) is 5.02. The van der Waals surface area contributed by atoms with Crippen molar-refractivity contribution in [1.82, 2.24) is 4.90 Å². The first-order chi connectivity index (χ1) is 7.15. The summed E-state index contributed by atoms with van der Waals surface area (Å²) in [6.07, 6.45) is 5.12. The van der Waals surface area contributed by atoms with E-state index in [0.29, 0.717) is 18.5 Å². The van der Waals surface area contributed by atoms with Crippen LogP contribution in [0.2, 0.25) is 0 Å². The lowest BCUT2D eigenvalue weighted by Gasteiger charge is -2.25. The van der Waals surface area contributed by atoms with E-state index in [1.165, 1.54) is 0 Å². The van der Waals surface area contributed by atoms with Gasteiger partial charge in [0.25, 0.3) is 0 Å². The van der Waals surface area contributed by atoms with Crippen molar-refractivity contribution < 1.29 is 9.59 Å². The molecule has 0 bridgehead atoms. The lowest BCUT2D eigenvalue weighted by molar-refractivity contribution is -0.127. The van der Waals surface area contributed by atoms with Gasteiger partial charge in [0, 0.05) is 25.1 Å². The summed E-state index contributed by atoms with van der Waals surface area (Å²) in [5.74, 6) is -0.369. The Morgan fingerprint density at radius 1 is 1.67 bits per heavy atom. The van der Waals surface area contributed by atoms with Gasteiger partial charge in [-0.2, -0.15) is 0 Å². The largest absolute Gasteiger partial charge is 0.370 e. The van der Waals surface area contributed by atoms with Crippen LogP contribution >= 0.6 is 0 Å². The quantitative estimate of drug-likeness (QED) is 0.672. The second-order valence-electron chi connectivity index (χ2n) is 3.52. The van der Waals surface area contributed by atoms with Crippen LogP contribution in [0.4, 0.5) is 0 Å². The van der Waals surface area contributed by atoms with Crippen LogP contribution in [-0.2, 0) is 9.59 Å². The molecule has 0 atom stereocenters. The summed E-state index contributed by atoms with van der Waals surface area (Å²) in [6, 6.07) is 0. The number of nitrogens with two attached hydrogens (primary N) is 1. The van der Waals surface area contributed by atoms with Crippen molar-refractivity contribution in [3.05, 3.63) is 24.3 Å². The summed E-state index contributed by atoms with van der Waals surface area (Å²) in [6.45, 7) is 4.89. The maximum atomic E-state index is 11.8. The molecule has 0 spiro atoms. The lowest BCUT2D eigenvalue weighted by atomic mass is 10.0. The van der Waals surface area contributed by atoms with Crippen molar-refractivity contribution in [2.24, 2.45) is 5.73 Å². The minimum Gasteiger partial charge on any atom is -0.370 e. The highest BCUT2D eigenvalue weighted by molar-refractivity contribution is 5.94. The van der Waals surface area contributed by atoms with Crippen molar-refractivity contribution in [3.63, 3.8) is 0 Å². The van der Waals surface area contributed by atoms with Gasteiger partial charge in [-0.15, -0.1) is 6.58 Å². The first kappa shape index (κ1) is 11.5. The fraction of sp³-hybridized carbons (Fsp3) is 0.455. The monoisotopic (exact) mass is 208 g/mol. The molecular weight excluding hydrogens is 192 g/mol. The average Bonchev–Trinajstić information content (AvgIpc) is 2.19. The summed E-state index contributed by atoms with van der Waals surface area (Å²) in [5, 5.41) is 0.